The molecule has 1 fully saturated rings. The standard InChI is InChI=1S/C28H33N5O2/c1-19-26(29-20(2)34)28(33(31-19)23-11-4-3-5-12-23)32-17-15-22(16-18-32)27(35)30-25-14-8-10-21-9-6-7-13-24(21)25/h3-7,9,11-13,22,25H,8,10,14-18H2,1-2H3,(H,29,34)(H,30,35)/t25-/m1/s1. The van der Waals surface area contributed by atoms with Crippen molar-refractivity contribution < 1.29 is 9.59 Å². The van der Waals surface area contributed by atoms with Crippen LogP contribution in [0, 0.1) is 12.8 Å². The van der Waals surface area contributed by atoms with Gasteiger partial charge in [-0.1, -0.05) is 42.5 Å². The van der Waals surface area contributed by atoms with Crippen molar-refractivity contribution in [3.05, 3.63) is 71.4 Å². The molecule has 5 rings (SSSR count). The molecule has 182 valence electrons. The van der Waals surface area contributed by atoms with Crippen molar-refractivity contribution in [2.75, 3.05) is 23.3 Å². The molecule has 2 heterocycles. The second kappa shape index (κ2) is 9.94. The van der Waals surface area contributed by atoms with Crippen LogP contribution in [0.3, 0.4) is 0 Å². The van der Waals surface area contributed by atoms with Crippen LogP contribution in [-0.4, -0.2) is 34.7 Å². The van der Waals surface area contributed by atoms with E-state index in [1.165, 1.54) is 18.1 Å². The monoisotopic (exact) mass is 471 g/mol. The molecule has 1 aromatic heterocycles. The summed E-state index contributed by atoms with van der Waals surface area (Å²) < 4.78 is 1.90. The Labute approximate surface area is 206 Å². The average Bonchev–Trinajstić information content (AvgIpc) is 3.20. The highest BCUT2D eigenvalue weighted by molar-refractivity contribution is 5.93. The van der Waals surface area contributed by atoms with Crippen molar-refractivity contribution in [2.45, 2.75) is 52.0 Å². The number of para-hydroxylation sites is 1. The van der Waals surface area contributed by atoms with E-state index in [-0.39, 0.29) is 23.8 Å². The fourth-order valence-corrected chi connectivity index (χ4v) is 5.43. The summed E-state index contributed by atoms with van der Waals surface area (Å²) >= 11 is 0. The molecule has 0 saturated carbocycles. The smallest absolute Gasteiger partial charge is 0.223 e. The Kier molecular flexibility index (Phi) is 6.57. The van der Waals surface area contributed by atoms with E-state index in [0.717, 1.165) is 68.1 Å². The number of aryl methyl sites for hydroxylation is 2. The number of nitrogens with one attached hydrogen (secondary N) is 2. The fraction of sp³-hybridized carbons (Fsp3) is 0.393. The van der Waals surface area contributed by atoms with Gasteiger partial charge >= 0.3 is 0 Å². The van der Waals surface area contributed by atoms with Crippen LogP contribution in [0.25, 0.3) is 5.69 Å². The predicted molar refractivity (Wildman–Crippen MR) is 138 cm³/mol. The number of rotatable bonds is 5. The molecule has 35 heavy (non-hydrogen) atoms. The quantitative estimate of drug-likeness (QED) is 0.572. The molecule has 1 atom stereocenters. The van der Waals surface area contributed by atoms with Gasteiger partial charge in [0.2, 0.25) is 11.8 Å². The second-order valence-electron chi connectivity index (χ2n) is 9.63. The Bertz CT molecular complexity index is 1210. The molecule has 0 spiro atoms. The highest BCUT2D eigenvalue weighted by Gasteiger charge is 2.31. The lowest BCUT2D eigenvalue weighted by atomic mass is 9.87. The second-order valence-corrected chi connectivity index (χ2v) is 9.63. The lowest BCUT2D eigenvalue weighted by Gasteiger charge is -2.35. The number of aromatic nitrogens is 2. The number of hydrogen-bond acceptors (Lipinski definition) is 4. The van der Waals surface area contributed by atoms with E-state index in [1.807, 2.05) is 41.9 Å². The van der Waals surface area contributed by atoms with Crippen LogP contribution < -0.4 is 15.5 Å². The van der Waals surface area contributed by atoms with Crippen molar-refractivity contribution in [3.8, 4) is 5.69 Å². The molecule has 0 unspecified atom stereocenters. The van der Waals surface area contributed by atoms with Gasteiger partial charge in [0.15, 0.2) is 5.82 Å². The van der Waals surface area contributed by atoms with Crippen LogP contribution in [0.15, 0.2) is 54.6 Å². The third-order valence-corrected chi connectivity index (χ3v) is 7.19. The summed E-state index contributed by atoms with van der Waals surface area (Å²) in [5, 5.41) is 11.1. The lowest BCUT2D eigenvalue weighted by Crippen LogP contribution is -2.42. The summed E-state index contributed by atoms with van der Waals surface area (Å²) in [5.74, 6) is 0.896. The van der Waals surface area contributed by atoms with E-state index in [9.17, 15) is 9.59 Å². The van der Waals surface area contributed by atoms with Crippen LogP contribution in [0.5, 0.6) is 0 Å². The minimum atomic E-state index is -0.121. The van der Waals surface area contributed by atoms with Gasteiger partial charge in [0.1, 0.15) is 5.69 Å². The summed E-state index contributed by atoms with van der Waals surface area (Å²) in [5.41, 5.74) is 5.08. The zero-order valence-corrected chi connectivity index (χ0v) is 20.5. The largest absolute Gasteiger partial charge is 0.355 e. The zero-order chi connectivity index (χ0) is 24.4. The van der Waals surface area contributed by atoms with Crippen LogP contribution >= 0.6 is 0 Å². The highest BCUT2D eigenvalue weighted by atomic mass is 16.2. The van der Waals surface area contributed by atoms with E-state index in [0.29, 0.717) is 0 Å². The molecule has 2 aliphatic rings. The Morgan fingerprint density at radius 3 is 2.43 bits per heavy atom. The van der Waals surface area contributed by atoms with Gasteiger partial charge in [0.05, 0.1) is 17.4 Å². The van der Waals surface area contributed by atoms with Crippen LogP contribution in [0.4, 0.5) is 11.5 Å². The number of anilines is 2. The molecule has 1 saturated heterocycles. The molecule has 2 N–H and O–H groups in total. The third kappa shape index (κ3) is 4.81. The van der Waals surface area contributed by atoms with Gasteiger partial charge in [-0.2, -0.15) is 5.10 Å². The maximum Gasteiger partial charge on any atom is 0.223 e. The first-order valence-corrected chi connectivity index (χ1v) is 12.6. The first-order chi connectivity index (χ1) is 17.0. The van der Waals surface area contributed by atoms with Gasteiger partial charge in [-0.05, 0) is 62.3 Å². The predicted octanol–water partition coefficient (Wildman–Crippen LogP) is 4.55. The van der Waals surface area contributed by atoms with Crippen LogP contribution in [0.2, 0.25) is 0 Å². The molecule has 2 aromatic carbocycles. The molecule has 7 nitrogen and oxygen atoms in total. The maximum absolute atomic E-state index is 13.2. The minimum Gasteiger partial charge on any atom is -0.355 e. The number of fused-ring (bicyclic) bond motifs is 1. The Morgan fingerprint density at radius 1 is 0.971 bits per heavy atom. The number of benzene rings is 2. The summed E-state index contributed by atoms with van der Waals surface area (Å²) in [4.78, 5) is 27.4. The number of hydrogen-bond donors (Lipinski definition) is 2. The molecular formula is C28H33N5O2. The lowest BCUT2D eigenvalue weighted by molar-refractivity contribution is -0.126. The summed E-state index contributed by atoms with van der Waals surface area (Å²) in [7, 11) is 0. The SMILES string of the molecule is CC(=O)Nc1c(C)nn(-c2ccccc2)c1N1CCC(C(=O)N[C@@H]2CCCc3ccccc32)CC1. The van der Waals surface area contributed by atoms with Gasteiger partial charge in [-0.25, -0.2) is 4.68 Å². The summed E-state index contributed by atoms with van der Waals surface area (Å²) in [6, 6.07) is 18.5. The van der Waals surface area contributed by atoms with Crippen molar-refractivity contribution in [1.29, 1.82) is 0 Å². The van der Waals surface area contributed by atoms with Crippen molar-refractivity contribution >= 4 is 23.3 Å². The number of piperidine rings is 1. The minimum absolute atomic E-state index is 0.0150. The van der Waals surface area contributed by atoms with Gasteiger partial charge in [-0.15, -0.1) is 0 Å². The number of amides is 2. The molecule has 0 radical (unpaired) electrons. The Morgan fingerprint density at radius 2 is 1.69 bits per heavy atom. The highest BCUT2D eigenvalue weighted by Crippen LogP contribution is 2.35. The molecule has 1 aliphatic carbocycles. The molecule has 1 aliphatic heterocycles. The maximum atomic E-state index is 13.2. The fourth-order valence-electron chi connectivity index (χ4n) is 5.43. The van der Waals surface area contributed by atoms with E-state index in [4.69, 9.17) is 5.10 Å². The van der Waals surface area contributed by atoms with Gasteiger partial charge in [0.25, 0.3) is 0 Å². The number of nitrogens with zero attached hydrogens (tertiary/aromatic N) is 3. The van der Waals surface area contributed by atoms with Crippen LogP contribution in [-0.2, 0) is 16.0 Å². The van der Waals surface area contributed by atoms with E-state index >= 15 is 0 Å². The number of carbonyl (C=O) groups is 2. The van der Waals surface area contributed by atoms with Crippen molar-refractivity contribution in [3.63, 3.8) is 0 Å². The van der Waals surface area contributed by atoms with E-state index in [1.54, 1.807) is 0 Å². The number of carbonyl (C=O) groups excluding carboxylic acids is 2. The summed E-state index contributed by atoms with van der Waals surface area (Å²) in [6.45, 7) is 4.88. The molecule has 0 bridgehead atoms. The molecule has 7 heteroatoms. The van der Waals surface area contributed by atoms with Crippen LogP contribution in [0.1, 0.15) is 55.5 Å². The zero-order valence-electron chi connectivity index (χ0n) is 20.5. The Balaban J connectivity index is 1.32. The molecule has 2 amide bonds. The van der Waals surface area contributed by atoms with Gasteiger partial charge in [-0.3, -0.25) is 9.59 Å². The normalized spacial score (nSPS) is 18.1. The van der Waals surface area contributed by atoms with Gasteiger partial charge in [0, 0.05) is 25.9 Å². The third-order valence-electron chi connectivity index (χ3n) is 7.19. The summed E-state index contributed by atoms with van der Waals surface area (Å²) in [6.07, 6.45) is 4.72. The Hall–Kier alpha value is -3.61. The average molecular weight is 472 g/mol. The first-order valence-electron chi connectivity index (χ1n) is 12.6. The van der Waals surface area contributed by atoms with E-state index < -0.39 is 0 Å². The van der Waals surface area contributed by atoms with Crippen molar-refractivity contribution in [1.82, 2.24) is 15.1 Å². The van der Waals surface area contributed by atoms with Crippen molar-refractivity contribution in [2.24, 2.45) is 5.92 Å². The topological polar surface area (TPSA) is 79.3 Å². The molecule has 3 aromatic rings. The first kappa shape index (κ1) is 23.1. The molecular weight excluding hydrogens is 438 g/mol. The van der Waals surface area contributed by atoms with Gasteiger partial charge < -0.3 is 15.5 Å². The van der Waals surface area contributed by atoms with E-state index in [2.05, 4.69) is 39.8 Å².